The van der Waals surface area contributed by atoms with Gasteiger partial charge in [-0.25, -0.2) is 4.98 Å². The Morgan fingerprint density at radius 1 is 0.735 bits per heavy atom. The first kappa shape index (κ1) is 21.4. The minimum atomic E-state index is -0.0980. The average molecular weight is 445 g/mol. The first-order valence-electron chi connectivity index (χ1n) is 11.2. The topological polar surface area (TPSA) is 44.1 Å². The molecule has 1 aromatic heterocycles. The van der Waals surface area contributed by atoms with Crippen LogP contribution in [0.2, 0.25) is 0 Å². The Hall–Kier alpha value is -4.44. The summed E-state index contributed by atoms with van der Waals surface area (Å²) in [4.78, 5) is 18.0. The molecule has 0 N–H and O–H groups in total. The molecule has 0 bridgehead atoms. The summed E-state index contributed by atoms with van der Waals surface area (Å²) in [6.45, 7) is 2.04. The van der Waals surface area contributed by atoms with E-state index in [1.165, 1.54) is 0 Å². The van der Waals surface area contributed by atoms with Crippen molar-refractivity contribution >= 4 is 5.91 Å². The molecule has 0 aliphatic heterocycles. The van der Waals surface area contributed by atoms with Crippen LogP contribution in [0, 0.1) is 0 Å². The summed E-state index contributed by atoms with van der Waals surface area (Å²) in [6, 6.07) is 37.7. The zero-order chi connectivity index (χ0) is 23.3. The SMILES string of the molecule is CC(=O)n1c(-c2cccc(OCc3ccccc3)c2)nc(-c2ccccc2)c1-c1ccccc1. The first-order chi connectivity index (χ1) is 16.7. The fourth-order valence-corrected chi connectivity index (χ4v) is 4.05. The third-order valence-corrected chi connectivity index (χ3v) is 5.63. The molecule has 5 aromatic rings. The van der Waals surface area contributed by atoms with Gasteiger partial charge in [-0.15, -0.1) is 0 Å². The fourth-order valence-electron chi connectivity index (χ4n) is 4.05. The van der Waals surface area contributed by atoms with E-state index in [1.54, 1.807) is 11.5 Å². The summed E-state index contributed by atoms with van der Waals surface area (Å²) in [5.74, 6) is 1.22. The molecular formula is C30H24N2O2. The van der Waals surface area contributed by atoms with Gasteiger partial charge in [0.1, 0.15) is 18.2 Å². The number of hydrogen-bond donors (Lipinski definition) is 0. The Balaban J connectivity index is 1.62. The molecule has 34 heavy (non-hydrogen) atoms. The van der Waals surface area contributed by atoms with Gasteiger partial charge in [0.25, 0.3) is 0 Å². The molecule has 5 rings (SSSR count). The Kier molecular flexibility index (Phi) is 6.04. The van der Waals surface area contributed by atoms with Gasteiger partial charge in [-0.05, 0) is 17.7 Å². The van der Waals surface area contributed by atoms with E-state index in [2.05, 4.69) is 0 Å². The first-order valence-corrected chi connectivity index (χ1v) is 11.2. The quantitative estimate of drug-likeness (QED) is 0.280. The van der Waals surface area contributed by atoms with Crippen molar-refractivity contribution in [2.24, 2.45) is 0 Å². The van der Waals surface area contributed by atoms with Gasteiger partial charge < -0.3 is 4.74 Å². The predicted molar refractivity (Wildman–Crippen MR) is 136 cm³/mol. The normalized spacial score (nSPS) is 10.7. The highest BCUT2D eigenvalue weighted by Gasteiger charge is 2.23. The van der Waals surface area contributed by atoms with E-state index in [1.807, 2.05) is 115 Å². The highest BCUT2D eigenvalue weighted by atomic mass is 16.5. The van der Waals surface area contributed by atoms with E-state index in [4.69, 9.17) is 9.72 Å². The third kappa shape index (κ3) is 4.39. The number of carbonyl (C=O) groups excluding carboxylic acids is 1. The monoisotopic (exact) mass is 444 g/mol. The molecule has 0 spiro atoms. The van der Waals surface area contributed by atoms with Gasteiger partial charge in [-0.2, -0.15) is 0 Å². The predicted octanol–water partition coefficient (Wildman–Crippen LogP) is 7.12. The summed E-state index contributed by atoms with van der Waals surface area (Å²) >= 11 is 0. The Labute approximate surface area is 199 Å². The number of benzene rings is 4. The highest BCUT2D eigenvalue weighted by Crippen LogP contribution is 2.36. The lowest BCUT2D eigenvalue weighted by Gasteiger charge is -2.11. The van der Waals surface area contributed by atoms with Crippen LogP contribution < -0.4 is 4.74 Å². The van der Waals surface area contributed by atoms with Crippen molar-refractivity contribution in [2.45, 2.75) is 13.5 Å². The molecule has 0 fully saturated rings. The Morgan fingerprint density at radius 2 is 1.32 bits per heavy atom. The molecule has 1 heterocycles. The summed E-state index contributed by atoms with van der Waals surface area (Å²) in [6.07, 6.45) is 0. The molecule has 0 unspecified atom stereocenters. The van der Waals surface area contributed by atoms with Crippen LogP contribution in [0.3, 0.4) is 0 Å². The van der Waals surface area contributed by atoms with Gasteiger partial charge in [-0.3, -0.25) is 9.36 Å². The van der Waals surface area contributed by atoms with E-state index in [-0.39, 0.29) is 5.91 Å². The lowest BCUT2D eigenvalue weighted by molar-refractivity contribution is 0.0940. The van der Waals surface area contributed by atoms with Crippen molar-refractivity contribution in [3.8, 4) is 39.7 Å². The summed E-state index contributed by atoms with van der Waals surface area (Å²) < 4.78 is 7.74. The number of imidazole rings is 1. The van der Waals surface area contributed by atoms with Crippen LogP contribution in [-0.4, -0.2) is 15.5 Å². The number of aromatic nitrogens is 2. The van der Waals surface area contributed by atoms with Crippen molar-refractivity contribution < 1.29 is 9.53 Å². The number of ether oxygens (including phenoxy) is 1. The number of carbonyl (C=O) groups is 1. The maximum absolute atomic E-state index is 13.0. The van der Waals surface area contributed by atoms with Crippen LogP contribution in [0.25, 0.3) is 33.9 Å². The molecule has 0 saturated heterocycles. The average Bonchev–Trinajstić information content (AvgIpc) is 3.31. The van der Waals surface area contributed by atoms with Gasteiger partial charge in [0, 0.05) is 23.6 Å². The van der Waals surface area contributed by atoms with Crippen molar-refractivity contribution in [3.63, 3.8) is 0 Å². The second kappa shape index (κ2) is 9.59. The van der Waals surface area contributed by atoms with Crippen LogP contribution in [0.15, 0.2) is 115 Å². The molecule has 0 atom stereocenters. The molecule has 0 aliphatic carbocycles. The highest BCUT2D eigenvalue weighted by molar-refractivity contribution is 5.93. The van der Waals surface area contributed by atoms with Crippen molar-refractivity contribution in [2.75, 3.05) is 0 Å². The molecular weight excluding hydrogens is 420 g/mol. The molecule has 4 aromatic carbocycles. The molecule has 166 valence electrons. The van der Waals surface area contributed by atoms with E-state index < -0.39 is 0 Å². The summed E-state index contributed by atoms with van der Waals surface area (Å²) in [5.41, 5.74) is 5.36. The van der Waals surface area contributed by atoms with Crippen molar-refractivity contribution in [3.05, 3.63) is 121 Å². The summed E-state index contributed by atoms with van der Waals surface area (Å²) in [7, 11) is 0. The van der Waals surface area contributed by atoms with Gasteiger partial charge in [0.15, 0.2) is 0 Å². The van der Waals surface area contributed by atoms with E-state index in [9.17, 15) is 4.79 Å². The molecule has 0 amide bonds. The molecule has 0 aliphatic rings. The largest absolute Gasteiger partial charge is 0.489 e. The van der Waals surface area contributed by atoms with Crippen molar-refractivity contribution in [1.82, 2.24) is 9.55 Å². The Bertz CT molecular complexity index is 1410. The van der Waals surface area contributed by atoms with Gasteiger partial charge in [-0.1, -0.05) is 103 Å². The molecule has 0 radical (unpaired) electrons. The number of rotatable bonds is 6. The van der Waals surface area contributed by atoms with Gasteiger partial charge in [0.05, 0.1) is 11.4 Å². The number of hydrogen-bond acceptors (Lipinski definition) is 3. The van der Waals surface area contributed by atoms with Gasteiger partial charge >= 0.3 is 0 Å². The van der Waals surface area contributed by atoms with Crippen LogP contribution in [0.4, 0.5) is 0 Å². The smallest absolute Gasteiger partial charge is 0.229 e. The van der Waals surface area contributed by atoms with Crippen LogP contribution in [-0.2, 0) is 6.61 Å². The van der Waals surface area contributed by atoms with Crippen LogP contribution >= 0.6 is 0 Å². The maximum Gasteiger partial charge on any atom is 0.229 e. The zero-order valence-electron chi connectivity index (χ0n) is 18.9. The van der Waals surface area contributed by atoms with Crippen molar-refractivity contribution in [1.29, 1.82) is 0 Å². The lowest BCUT2D eigenvalue weighted by atomic mass is 10.0. The minimum Gasteiger partial charge on any atom is -0.489 e. The second-order valence-corrected chi connectivity index (χ2v) is 8.02. The van der Waals surface area contributed by atoms with E-state index >= 15 is 0 Å². The van der Waals surface area contributed by atoms with Gasteiger partial charge in [0.2, 0.25) is 5.91 Å². The maximum atomic E-state index is 13.0. The summed E-state index contributed by atoms with van der Waals surface area (Å²) in [5, 5.41) is 0. The third-order valence-electron chi connectivity index (χ3n) is 5.63. The molecule has 4 heteroatoms. The van der Waals surface area contributed by atoms with E-state index in [0.29, 0.717) is 12.4 Å². The van der Waals surface area contributed by atoms with Crippen LogP contribution in [0.1, 0.15) is 17.3 Å². The molecule has 4 nitrogen and oxygen atoms in total. The number of nitrogens with zero attached hydrogens (tertiary/aromatic N) is 2. The van der Waals surface area contributed by atoms with Crippen LogP contribution in [0.5, 0.6) is 5.75 Å². The van der Waals surface area contributed by atoms with E-state index in [0.717, 1.165) is 39.4 Å². The molecule has 0 saturated carbocycles. The Morgan fingerprint density at radius 3 is 1.97 bits per heavy atom. The lowest BCUT2D eigenvalue weighted by Crippen LogP contribution is -2.09. The zero-order valence-corrected chi connectivity index (χ0v) is 18.9. The standard InChI is InChI=1S/C30H24N2O2/c1-22(33)32-29(25-16-9-4-10-17-25)28(24-14-7-3-8-15-24)31-30(32)26-18-11-19-27(20-26)34-21-23-12-5-2-6-13-23/h2-20H,21H2,1H3. The fraction of sp³-hybridized carbons (Fsp3) is 0.0667. The second-order valence-electron chi connectivity index (χ2n) is 8.02. The minimum absolute atomic E-state index is 0.0980.